The van der Waals surface area contributed by atoms with E-state index in [-0.39, 0.29) is 18.8 Å². The number of aromatic hydroxyl groups is 1. The molecule has 0 bridgehead atoms. The molecule has 0 fully saturated rings. The number of carbonyl (C=O) groups is 2. The summed E-state index contributed by atoms with van der Waals surface area (Å²) in [6, 6.07) is 5.39. The minimum atomic E-state index is -0.850. The molecule has 0 heterocycles. The van der Waals surface area contributed by atoms with E-state index in [1.807, 2.05) is 0 Å². The number of phenols is 1. The van der Waals surface area contributed by atoms with E-state index in [0.717, 1.165) is 5.56 Å². The van der Waals surface area contributed by atoms with E-state index in [0.29, 0.717) is 0 Å². The summed E-state index contributed by atoms with van der Waals surface area (Å²) in [5, 5.41) is 11.5. The van der Waals surface area contributed by atoms with Crippen molar-refractivity contribution in [2.24, 2.45) is 11.6 Å². The Bertz CT molecular complexity index is 419. The van der Waals surface area contributed by atoms with Crippen LogP contribution in [0.4, 0.5) is 0 Å². The molecule has 1 aromatic carbocycles. The van der Waals surface area contributed by atoms with Crippen molar-refractivity contribution >= 4 is 11.8 Å². The van der Waals surface area contributed by atoms with Crippen LogP contribution in [0.25, 0.3) is 0 Å². The largest absolute Gasteiger partial charge is 0.508 e. The number of primary amides is 1. The zero-order valence-corrected chi connectivity index (χ0v) is 9.63. The van der Waals surface area contributed by atoms with E-state index in [2.05, 4.69) is 10.2 Å². The molecule has 7 heteroatoms. The number of hydrogen-bond acceptors (Lipinski definition) is 5. The highest BCUT2D eigenvalue weighted by Gasteiger charge is 2.18. The van der Waals surface area contributed by atoms with Crippen LogP contribution >= 0.6 is 0 Å². The standard InChI is InChI=1S/C11H15N3O4/c12-11(17)9(14-10(16)6-18-13)5-7-1-3-8(15)4-2-7/h1-4,9,15H,5-6,13H2,(H2,12,17)(H,14,16). The fraction of sp³-hybridized carbons (Fsp3) is 0.273. The van der Waals surface area contributed by atoms with E-state index in [1.54, 1.807) is 12.1 Å². The maximum Gasteiger partial charge on any atom is 0.248 e. The number of phenolic OH excluding ortho intramolecular Hbond substituents is 1. The van der Waals surface area contributed by atoms with Crippen molar-refractivity contribution in [1.82, 2.24) is 5.32 Å². The molecular weight excluding hydrogens is 238 g/mol. The summed E-state index contributed by atoms with van der Waals surface area (Å²) < 4.78 is 0. The maximum atomic E-state index is 11.2. The molecule has 1 unspecified atom stereocenters. The van der Waals surface area contributed by atoms with Crippen LogP contribution in [0.1, 0.15) is 5.56 Å². The fourth-order valence-electron chi connectivity index (χ4n) is 1.40. The van der Waals surface area contributed by atoms with Crippen LogP contribution in [0, 0.1) is 0 Å². The lowest BCUT2D eigenvalue weighted by atomic mass is 10.1. The van der Waals surface area contributed by atoms with Gasteiger partial charge in [-0.3, -0.25) is 14.4 Å². The lowest BCUT2D eigenvalue weighted by Gasteiger charge is -2.15. The molecule has 0 spiro atoms. The lowest BCUT2D eigenvalue weighted by molar-refractivity contribution is -0.130. The topological polar surface area (TPSA) is 128 Å². The third-order valence-corrected chi connectivity index (χ3v) is 2.27. The molecule has 1 aromatic rings. The molecule has 0 aliphatic carbocycles. The summed E-state index contributed by atoms with van der Waals surface area (Å²) in [4.78, 5) is 26.6. The second-order valence-electron chi connectivity index (χ2n) is 3.70. The van der Waals surface area contributed by atoms with Crippen LogP contribution in [-0.2, 0) is 20.8 Å². The third-order valence-electron chi connectivity index (χ3n) is 2.27. The van der Waals surface area contributed by atoms with Gasteiger partial charge in [0.2, 0.25) is 11.8 Å². The minimum Gasteiger partial charge on any atom is -0.508 e. The molecule has 18 heavy (non-hydrogen) atoms. The minimum absolute atomic E-state index is 0.120. The summed E-state index contributed by atoms with van der Waals surface area (Å²) in [5.74, 6) is 3.68. The van der Waals surface area contributed by atoms with Gasteiger partial charge in [-0.1, -0.05) is 12.1 Å². The number of nitrogens with one attached hydrogen (secondary N) is 1. The summed E-state index contributed by atoms with van der Waals surface area (Å²) in [6.07, 6.45) is 0.228. The second kappa shape index (κ2) is 6.58. The van der Waals surface area contributed by atoms with E-state index in [4.69, 9.17) is 16.7 Å². The van der Waals surface area contributed by atoms with Gasteiger partial charge in [-0.2, -0.15) is 0 Å². The highest BCUT2D eigenvalue weighted by atomic mass is 16.6. The van der Waals surface area contributed by atoms with Crippen molar-refractivity contribution in [2.45, 2.75) is 12.5 Å². The Kier molecular flexibility index (Phi) is 5.09. The Morgan fingerprint density at radius 1 is 1.33 bits per heavy atom. The van der Waals surface area contributed by atoms with Crippen molar-refractivity contribution in [2.75, 3.05) is 6.61 Å². The first-order valence-electron chi connectivity index (χ1n) is 5.21. The molecule has 0 radical (unpaired) electrons. The van der Waals surface area contributed by atoms with Crippen LogP contribution in [0.5, 0.6) is 5.75 Å². The third kappa shape index (κ3) is 4.40. The van der Waals surface area contributed by atoms with Gasteiger partial charge in [0, 0.05) is 6.42 Å². The van der Waals surface area contributed by atoms with Gasteiger partial charge in [0.05, 0.1) is 0 Å². The number of rotatable bonds is 6. The average molecular weight is 253 g/mol. The van der Waals surface area contributed by atoms with Gasteiger partial charge in [-0.05, 0) is 17.7 Å². The Balaban J connectivity index is 2.65. The Labute approximate surface area is 104 Å². The predicted molar refractivity (Wildman–Crippen MR) is 63.1 cm³/mol. The van der Waals surface area contributed by atoms with E-state index in [9.17, 15) is 9.59 Å². The highest BCUT2D eigenvalue weighted by Crippen LogP contribution is 2.11. The fourth-order valence-corrected chi connectivity index (χ4v) is 1.40. The second-order valence-corrected chi connectivity index (χ2v) is 3.70. The quantitative estimate of drug-likeness (QED) is 0.473. The zero-order valence-electron chi connectivity index (χ0n) is 9.63. The van der Waals surface area contributed by atoms with Crippen molar-refractivity contribution in [3.8, 4) is 5.75 Å². The molecule has 1 atom stereocenters. The Morgan fingerprint density at radius 3 is 2.44 bits per heavy atom. The number of benzene rings is 1. The molecule has 0 aromatic heterocycles. The maximum absolute atomic E-state index is 11.2. The number of carbonyl (C=O) groups excluding carboxylic acids is 2. The lowest BCUT2D eigenvalue weighted by Crippen LogP contribution is -2.47. The first-order chi connectivity index (χ1) is 8.52. The van der Waals surface area contributed by atoms with E-state index in [1.165, 1.54) is 12.1 Å². The average Bonchev–Trinajstić information content (AvgIpc) is 2.31. The Hall–Kier alpha value is -2.12. The van der Waals surface area contributed by atoms with E-state index >= 15 is 0 Å². The van der Waals surface area contributed by atoms with Crippen LogP contribution < -0.4 is 16.9 Å². The van der Waals surface area contributed by atoms with Crippen molar-refractivity contribution < 1.29 is 19.5 Å². The van der Waals surface area contributed by atoms with Gasteiger partial charge in [0.1, 0.15) is 18.4 Å². The van der Waals surface area contributed by atoms with Crippen LogP contribution in [-0.4, -0.2) is 29.6 Å². The van der Waals surface area contributed by atoms with Gasteiger partial charge in [0.25, 0.3) is 0 Å². The molecule has 2 amide bonds. The summed E-state index contributed by atoms with van der Waals surface area (Å²) in [6.45, 7) is -0.348. The molecule has 7 nitrogen and oxygen atoms in total. The van der Waals surface area contributed by atoms with Gasteiger partial charge in [0.15, 0.2) is 0 Å². The SMILES string of the molecule is NOCC(=O)NC(Cc1ccc(O)cc1)C(N)=O. The van der Waals surface area contributed by atoms with Crippen LogP contribution in [0.2, 0.25) is 0 Å². The zero-order chi connectivity index (χ0) is 13.5. The molecular formula is C11H15N3O4. The van der Waals surface area contributed by atoms with Gasteiger partial charge in [-0.25, -0.2) is 5.90 Å². The molecule has 1 rings (SSSR count). The monoisotopic (exact) mass is 253 g/mol. The molecule has 0 saturated carbocycles. The van der Waals surface area contributed by atoms with Crippen molar-refractivity contribution in [3.05, 3.63) is 29.8 Å². The predicted octanol–water partition coefficient (Wildman–Crippen LogP) is -1.20. The van der Waals surface area contributed by atoms with Crippen LogP contribution in [0.15, 0.2) is 24.3 Å². The number of nitrogens with two attached hydrogens (primary N) is 2. The van der Waals surface area contributed by atoms with Gasteiger partial charge >= 0.3 is 0 Å². The molecule has 6 N–H and O–H groups in total. The summed E-state index contributed by atoms with van der Waals surface area (Å²) in [5.41, 5.74) is 5.94. The molecule has 0 saturated heterocycles. The smallest absolute Gasteiger partial charge is 0.248 e. The normalized spacial score (nSPS) is 11.8. The first-order valence-corrected chi connectivity index (χ1v) is 5.21. The summed E-state index contributed by atoms with van der Waals surface area (Å²) >= 11 is 0. The van der Waals surface area contributed by atoms with Gasteiger partial charge < -0.3 is 16.2 Å². The van der Waals surface area contributed by atoms with E-state index < -0.39 is 17.9 Å². The molecule has 98 valence electrons. The number of hydrogen-bond donors (Lipinski definition) is 4. The van der Waals surface area contributed by atoms with Crippen molar-refractivity contribution in [3.63, 3.8) is 0 Å². The first kappa shape index (κ1) is 13.9. The van der Waals surface area contributed by atoms with Crippen molar-refractivity contribution in [1.29, 1.82) is 0 Å². The highest BCUT2D eigenvalue weighted by molar-refractivity contribution is 5.87. The molecule has 0 aliphatic rings. The Morgan fingerprint density at radius 2 is 1.94 bits per heavy atom. The number of amides is 2. The molecule has 0 aliphatic heterocycles. The summed E-state index contributed by atoms with van der Waals surface area (Å²) in [7, 11) is 0. The van der Waals surface area contributed by atoms with Gasteiger partial charge in [-0.15, -0.1) is 0 Å². The van der Waals surface area contributed by atoms with Crippen LogP contribution in [0.3, 0.4) is 0 Å².